The Morgan fingerprint density at radius 1 is 0.803 bits per heavy atom. The van der Waals surface area contributed by atoms with E-state index in [0.29, 0.717) is 79.1 Å². The van der Waals surface area contributed by atoms with Gasteiger partial charge in [0.15, 0.2) is 0 Å². The Bertz CT molecular complexity index is 2500. The van der Waals surface area contributed by atoms with Crippen molar-refractivity contribution in [3.63, 3.8) is 0 Å². The third-order valence-electron chi connectivity index (χ3n) is 14.6. The number of aliphatic hydroxyl groups excluding tert-OH is 2. The summed E-state index contributed by atoms with van der Waals surface area (Å²) in [6.45, 7) is 2.66. The molecule has 4 aliphatic rings. The van der Waals surface area contributed by atoms with Crippen molar-refractivity contribution in [1.29, 1.82) is 0 Å². The third kappa shape index (κ3) is 9.23. The van der Waals surface area contributed by atoms with Gasteiger partial charge in [0.2, 0.25) is 0 Å². The first-order valence-corrected chi connectivity index (χ1v) is 23.9. The lowest BCUT2D eigenvalue weighted by molar-refractivity contribution is -0.151. The largest absolute Gasteiger partial charge is 0.508 e. The lowest BCUT2D eigenvalue weighted by atomic mass is 9.72. The van der Waals surface area contributed by atoms with Crippen molar-refractivity contribution in [2.75, 3.05) is 34.5 Å². The first kappa shape index (κ1) is 45.9. The molecular formula is C54H65NO11. The van der Waals surface area contributed by atoms with Crippen LogP contribution in [-0.2, 0) is 22.3 Å². The average Bonchev–Trinajstić information content (AvgIpc) is 3.82. The van der Waals surface area contributed by atoms with Crippen molar-refractivity contribution in [2.45, 2.75) is 120 Å². The van der Waals surface area contributed by atoms with E-state index in [9.17, 15) is 25.5 Å². The fraction of sp³-hybridized carbons (Fsp3) is 0.481. The highest BCUT2D eigenvalue weighted by Crippen LogP contribution is 2.55. The van der Waals surface area contributed by atoms with Crippen LogP contribution in [0.2, 0.25) is 0 Å². The van der Waals surface area contributed by atoms with Crippen molar-refractivity contribution < 1.29 is 54.0 Å². The second-order valence-corrected chi connectivity index (χ2v) is 18.7. The smallest absolute Gasteiger partial charge is 0.133 e. The van der Waals surface area contributed by atoms with Crippen molar-refractivity contribution in [2.24, 2.45) is 11.8 Å². The normalized spacial score (nSPS) is 25.2. The molecule has 2 aliphatic heterocycles. The molecule has 0 unspecified atom stereocenters. The van der Waals surface area contributed by atoms with Crippen LogP contribution in [0.3, 0.4) is 0 Å². The topological polar surface area (TPSA) is 169 Å². The summed E-state index contributed by atoms with van der Waals surface area (Å²) in [5.41, 5.74) is 5.52. The number of likely N-dealkylation sites (N-methyl/N-ethyl adjacent to an activating group) is 1. The molecule has 2 aliphatic carbocycles. The SMILES string of the molecule is CCc1cc(-c2cccc(O)c2)c(Cc2cc(OC3CCCC3)cc3c2OC[C@H]([C@@H]2[C@@H](CCCOC)Oc4c(cc(OC)c5cc(O)ccc45)[C@@H]2O[C@@H]2C[C@H](O)CC[C@H]2NC)[C@@H]3O)cc1O. The molecule has 6 N–H and O–H groups in total. The van der Waals surface area contributed by atoms with Gasteiger partial charge in [0.1, 0.15) is 46.4 Å². The number of phenolic OH excluding ortho intramolecular Hbond substituents is 3. The van der Waals surface area contributed by atoms with Crippen molar-refractivity contribution >= 4 is 10.8 Å². The summed E-state index contributed by atoms with van der Waals surface area (Å²) in [6.07, 6.45) is 5.22. The molecule has 0 spiro atoms. The van der Waals surface area contributed by atoms with Crippen LogP contribution in [-0.4, -0.2) is 90.5 Å². The van der Waals surface area contributed by atoms with E-state index in [2.05, 4.69) is 5.32 Å². The highest BCUT2D eigenvalue weighted by molar-refractivity contribution is 5.96. The second kappa shape index (κ2) is 19.9. The first-order valence-electron chi connectivity index (χ1n) is 23.9. The summed E-state index contributed by atoms with van der Waals surface area (Å²) in [5.74, 6) is 1.87. The molecule has 352 valence electrons. The molecule has 0 saturated heterocycles. The Kier molecular flexibility index (Phi) is 13.9. The number of phenols is 3. The average molecular weight is 904 g/mol. The maximum Gasteiger partial charge on any atom is 0.133 e. The van der Waals surface area contributed by atoms with Crippen LogP contribution in [0.5, 0.6) is 40.2 Å². The van der Waals surface area contributed by atoms with Crippen molar-refractivity contribution in [1.82, 2.24) is 5.32 Å². The van der Waals surface area contributed by atoms with Gasteiger partial charge in [-0.2, -0.15) is 0 Å². The van der Waals surface area contributed by atoms with Crippen molar-refractivity contribution in [3.05, 3.63) is 101 Å². The Morgan fingerprint density at radius 2 is 1.62 bits per heavy atom. The molecule has 2 heterocycles. The van der Waals surface area contributed by atoms with Gasteiger partial charge >= 0.3 is 0 Å². The zero-order valence-electron chi connectivity index (χ0n) is 38.5. The van der Waals surface area contributed by atoms with Gasteiger partial charge in [0.05, 0.1) is 44.2 Å². The number of aliphatic hydroxyl groups is 2. The van der Waals surface area contributed by atoms with Gasteiger partial charge in [-0.05, 0) is 148 Å². The summed E-state index contributed by atoms with van der Waals surface area (Å²) in [6, 6.07) is 22.0. The minimum Gasteiger partial charge on any atom is -0.508 e. The van der Waals surface area contributed by atoms with Gasteiger partial charge in [-0.3, -0.25) is 0 Å². The molecule has 2 saturated carbocycles. The number of hydrogen-bond acceptors (Lipinski definition) is 12. The van der Waals surface area contributed by atoms with E-state index < -0.39 is 36.3 Å². The van der Waals surface area contributed by atoms with Gasteiger partial charge in [-0.25, -0.2) is 0 Å². The van der Waals surface area contributed by atoms with Gasteiger partial charge < -0.3 is 59.3 Å². The predicted molar refractivity (Wildman–Crippen MR) is 252 cm³/mol. The van der Waals surface area contributed by atoms with Gasteiger partial charge in [0, 0.05) is 71.9 Å². The van der Waals surface area contributed by atoms with Crippen LogP contribution in [0.25, 0.3) is 21.9 Å². The molecule has 5 aromatic rings. The van der Waals surface area contributed by atoms with E-state index >= 15 is 0 Å². The molecular weight excluding hydrogens is 839 g/mol. The summed E-state index contributed by atoms with van der Waals surface area (Å²) >= 11 is 0. The minimum atomic E-state index is -1.04. The molecule has 12 heteroatoms. The number of methoxy groups -OCH3 is 2. The fourth-order valence-electron chi connectivity index (χ4n) is 11.2. The number of benzene rings is 5. The highest BCUT2D eigenvalue weighted by atomic mass is 16.5. The minimum absolute atomic E-state index is 0.0201. The van der Waals surface area contributed by atoms with Crippen LogP contribution >= 0.6 is 0 Å². The van der Waals surface area contributed by atoms with Crippen LogP contribution in [0, 0.1) is 11.8 Å². The van der Waals surface area contributed by atoms with Crippen LogP contribution in [0.15, 0.2) is 72.8 Å². The number of ether oxygens (including phenoxy) is 6. The summed E-state index contributed by atoms with van der Waals surface area (Å²) in [5, 5.41) is 61.4. The monoisotopic (exact) mass is 903 g/mol. The van der Waals surface area contributed by atoms with E-state index in [-0.39, 0.29) is 42.1 Å². The Morgan fingerprint density at radius 3 is 2.38 bits per heavy atom. The molecule has 0 bridgehead atoms. The molecule has 8 atom stereocenters. The molecule has 9 rings (SSSR count). The molecule has 0 aromatic heterocycles. The lowest BCUT2D eigenvalue weighted by Gasteiger charge is -2.48. The van der Waals surface area contributed by atoms with E-state index in [1.165, 1.54) is 0 Å². The number of fused-ring (bicyclic) bond motifs is 4. The summed E-state index contributed by atoms with van der Waals surface area (Å²) in [7, 11) is 5.22. The zero-order chi connectivity index (χ0) is 46.1. The molecule has 5 aromatic carbocycles. The predicted octanol–water partition coefficient (Wildman–Crippen LogP) is 9.21. The molecule has 2 fully saturated rings. The highest BCUT2D eigenvalue weighted by Gasteiger charge is 2.50. The van der Waals surface area contributed by atoms with Gasteiger partial charge in [-0.1, -0.05) is 19.1 Å². The summed E-state index contributed by atoms with van der Waals surface area (Å²) < 4.78 is 39.8. The van der Waals surface area contributed by atoms with Gasteiger partial charge in [-0.15, -0.1) is 0 Å². The van der Waals surface area contributed by atoms with E-state index in [0.717, 1.165) is 70.9 Å². The molecule has 0 amide bonds. The lowest BCUT2D eigenvalue weighted by Crippen LogP contribution is -2.51. The number of hydrogen-bond donors (Lipinski definition) is 6. The Labute approximate surface area is 387 Å². The fourth-order valence-corrected chi connectivity index (χ4v) is 11.2. The van der Waals surface area contributed by atoms with Crippen LogP contribution < -0.4 is 24.3 Å². The van der Waals surface area contributed by atoms with E-state index in [1.54, 1.807) is 44.6 Å². The zero-order valence-corrected chi connectivity index (χ0v) is 38.5. The Hall–Kier alpha value is -5.24. The molecule has 66 heavy (non-hydrogen) atoms. The summed E-state index contributed by atoms with van der Waals surface area (Å²) in [4.78, 5) is 0. The maximum absolute atomic E-state index is 13.1. The molecule has 12 nitrogen and oxygen atoms in total. The second-order valence-electron chi connectivity index (χ2n) is 18.7. The van der Waals surface area contributed by atoms with Gasteiger partial charge in [0.25, 0.3) is 0 Å². The first-order chi connectivity index (χ1) is 32.1. The van der Waals surface area contributed by atoms with E-state index in [1.807, 2.05) is 56.4 Å². The van der Waals surface area contributed by atoms with Crippen molar-refractivity contribution in [3.8, 4) is 51.4 Å². The standard InChI is InChI=1S/C54H65NO11/c1-5-30-23-40(31-10-8-11-34(56)21-31)32(24-46(30)59)20-33-22-38(64-37-12-6-7-13-37)27-42-51(60)44(29-63-52(33)42)50-47(14-9-19-61-3)65-53-39-17-15-35(57)25-41(39)48(62-4)28-43(53)54(50)66-49-26-36(58)16-18-45(49)55-2/h8,10-11,15,17,21-25,27-28,36-37,44-45,47,49-51,54-60H,5-7,9,12-14,16,18-20,26,29H2,1-4H3/t36-,44-,45-,47-,49-,50-,51-,54+/m1/s1. The maximum atomic E-state index is 13.1. The van der Waals surface area contributed by atoms with Crippen LogP contribution in [0.4, 0.5) is 0 Å². The van der Waals surface area contributed by atoms with Crippen LogP contribution in [0.1, 0.15) is 105 Å². The number of aryl methyl sites for hydroxylation is 1. The number of aromatic hydroxyl groups is 3. The van der Waals surface area contributed by atoms with E-state index in [4.69, 9.17) is 28.4 Å². The Balaban J connectivity index is 1.17. The number of rotatable bonds is 15. The number of nitrogens with one attached hydrogen (secondary N) is 1. The quantitative estimate of drug-likeness (QED) is 0.0552. The third-order valence-corrected chi connectivity index (χ3v) is 14.6. The molecule has 0 radical (unpaired) electrons.